The average molecular weight is 412 g/mol. The van der Waals surface area contributed by atoms with Gasteiger partial charge in [-0.15, -0.1) is 0 Å². The van der Waals surface area contributed by atoms with Crippen LogP contribution in [0.2, 0.25) is 0 Å². The summed E-state index contributed by atoms with van der Waals surface area (Å²) >= 11 is 3.16. The molecule has 0 aromatic heterocycles. The highest BCUT2D eigenvalue weighted by atomic mass is 79.9. The lowest BCUT2D eigenvalue weighted by atomic mass is 10.1. The van der Waals surface area contributed by atoms with Crippen molar-refractivity contribution in [1.29, 1.82) is 0 Å². The molecule has 2 rings (SSSR count). The van der Waals surface area contributed by atoms with Crippen molar-refractivity contribution in [1.82, 2.24) is 5.32 Å². The molecule has 1 N–H and O–H groups in total. The van der Waals surface area contributed by atoms with Crippen LogP contribution < -0.4 is 19.5 Å². The number of nitrogens with one attached hydrogen (secondary N) is 1. The monoisotopic (exact) mass is 411 g/mol. The smallest absolute Gasteiger partial charge is 0.258 e. The Kier molecular flexibility index (Phi) is 6.64. The molecule has 0 aliphatic rings. The van der Waals surface area contributed by atoms with Gasteiger partial charge in [0.25, 0.3) is 5.91 Å². The number of benzene rings is 2. The van der Waals surface area contributed by atoms with Crippen molar-refractivity contribution in [2.45, 2.75) is 13.0 Å². The molecule has 0 aliphatic carbocycles. The standard InChI is InChI=1S/C18H19BrFNO4/c1-11(14-9-13(23-2)5-7-16(14)24-3)21-18(22)10-25-17-6-4-12(19)8-15(17)20/h4-9,11H,10H2,1-3H3,(H,21,22). The first-order valence-corrected chi connectivity index (χ1v) is 8.33. The van der Waals surface area contributed by atoms with Gasteiger partial charge in [0.05, 0.1) is 20.3 Å². The second-order valence-electron chi connectivity index (χ2n) is 5.26. The topological polar surface area (TPSA) is 56.8 Å². The van der Waals surface area contributed by atoms with Gasteiger partial charge in [-0.1, -0.05) is 15.9 Å². The number of halogens is 2. The first kappa shape index (κ1) is 19.1. The summed E-state index contributed by atoms with van der Waals surface area (Å²) in [6, 6.07) is 9.37. The van der Waals surface area contributed by atoms with E-state index in [2.05, 4.69) is 21.2 Å². The summed E-state index contributed by atoms with van der Waals surface area (Å²) in [4.78, 5) is 12.1. The Bertz CT molecular complexity index is 754. The van der Waals surface area contributed by atoms with Crippen LogP contribution in [0.15, 0.2) is 40.9 Å². The van der Waals surface area contributed by atoms with Gasteiger partial charge in [-0.05, 0) is 43.3 Å². The molecule has 0 saturated heterocycles. The zero-order valence-corrected chi connectivity index (χ0v) is 15.7. The Balaban J connectivity index is 2.00. The van der Waals surface area contributed by atoms with Crippen molar-refractivity contribution in [2.75, 3.05) is 20.8 Å². The predicted octanol–water partition coefficient (Wildman–Crippen LogP) is 3.86. The van der Waals surface area contributed by atoms with Gasteiger partial charge < -0.3 is 19.5 Å². The highest BCUT2D eigenvalue weighted by Gasteiger charge is 2.16. The summed E-state index contributed by atoms with van der Waals surface area (Å²) in [5, 5.41) is 2.79. The molecule has 25 heavy (non-hydrogen) atoms. The number of methoxy groups -OCH3 is 2. The molecule has 1 amide bonds. The summed E-state index contributed by atoms with van der Waals surface area (Å²) in [5.74, 6) is 0.396. The van der Waals surface area contributed by atoms with E-state index in [1.807, 2.05) is 6.92 Å². The fraction of sp³-hybridized carbons (Fsp3) is 0.278. The summed E-state index contributed by atoms with van der Waals surface area (Å²) in [7, 11) is 3.12. The third-order valence-electron chi connectivity index (χ3n) is 3.53. The number of ether oxygens (including phenoxy) is 3. The van der Waals surface area contributed by atoms with E-state index in [0.29, 0.717) is 16.0 Å². The third-order valence-corrected chi connectivity index (χ3v) is 4.03. The molecule has 0 saturated carbocycles. The minimum Gasteiger partial charge on any atom is -0.497 e. The number of amides is 1. The maximum Gasteiger partial charge on any atom is 0.258 e. The molecule has 2 aromatic carbocycles. The van der Waals surface area contributed by atoms with Crippen LogP contribution in [0.4, 0.5) is 4.39 Å². The summed E-state index contributed by atoms with van der Waals surface area (Å²) < 4.78 is 30.0. The van der Waals surface area contributed by atoms with Crippen molar-refractivity contribution in [3.05, 3.63) is 52.3 Å². The number of rotatable bonds is 7. The van der Waals surface area contributed by atoms with Crippen molar-refractivity contribution in [3.63, 3.8) is 0 Å². The third kappa shape index (κ3) is 5.09. The van der Waals surface area contributed by atoms with Crippen LogP contribution >= 0.6 is 15.9 Å². The number of hydrogen-bond acceptors (Lipinski definition) is 4. The maximum atomic E-state index is 13.7. The van der Waals surface area contributed by atoms with E-state index in [0.717, 1.165) is 5.56 Å². The van der Waals surface area contributed by atoms with E-state index >= 15 is 0 Å². The molecule has 2 aromatic rings. The largest absolute Gasteiger partial charge is 0.497 e. The van der Waals surface area contributed by atoms with Gasteiger partial charge in [0.2, 0.25) is 0 Å². The van der Waals surface area contributed by atoms with E-state index in [-0.39, 0.29) is 24.3 Å². The SMILES string of the molecule is COc1ccc(OC)c(C(C)NC(=O)COc2ccc(Br)cc2F)c1. The van der Waals surface area contributed by atoms with Crippen LogP contribution in [0.1, 0.15) is 18.5 Å². The molecule has 1 atom stereocenters. The predicted molar refractivity (Wildman–Crippen MR) is 95.7 cm³/mol. The van der Waals surface area contributed by atoms with Crippen molar-refractivity contribution >= 4 is 21.8 Å². The Morgan fingerprint density at radius 2 is 1.88 bits per heavy atom. The van der Waals surface area contributed by atoms with Crippen LogP contribution in [0, 0.1) is 5.82 Å². The Morgan fingerprint density at radius 3 is 2.52 bits per heavy atom. The number of hydrogen-bond donors (Lipinski definition) is 1. The van der Waals surface area contributed by atoms with Gasteiger partial charge in [-0.2, -0.15) is 0 Å². The zero-order valence-electron chi connectivity index (χ0n) is 14.1. The van der Waals surface area contributed by atoms with Crippen LogP contribution in [0.3, 0.4) is 0 Å². The number of carbonyl (C=O) groups excluding carboxylic acids is 1. The Labute approximate surface area is 154 Å². The molecule has 0 radical (unpaired) electrons. The first-order chi connectivity index (χ1) is 11.9. The van der Waals surface area contributed by atoms with Gasteiger partial charge in [-0.25, -0.2) is 4.39 Å². The highest BCUT2D eigenvalue weighted by molar-refractivity contribution is 9.10. The highest BCUT2D eigenvalue weighted by Crippen LogP contribution is 2.29. The lowest BCUT2D eigenvalue weighted by molar-refractivity contribution is -0.123. The van der Waals surface area contributed by atoms with Crippen LogP contribution in [-0.4, -0.2) is 26.7 Å². The van der Waals surface area contributed by atoms with E-state index in [9.17, 15) is 9.18 Å². The molecule has 0 heterocycles. The fourth-order valence-electron chi connectivity index (χ4n) is 2.27. The quantitative estimate of drug-likeness (QED) is 0.751. The second kappa shape index (κ2) is 8.71. The normalized spacial score (nSPS) is 11.6. The molecule has 0 fully saturated rings. The molecular weight excluding hydrogens is 393 g/mol. The van der Waals surface area contributed by atoms with E-state index in [1.54, 1.807) is 38.5 Å². The van der Waals surface area contributed by atoms with Gasteiger partial charge >= 0.3 is 0 Å². The Hall–Kier alpha value is -2.28. The van der Waals surface area contributed by atoms with Gasteiger partial charge in [0.1, 0.15) is 11.5 Å². The van der Waals surface area contributed by atoms with Crippen molar-refractivity contribution in [3.8, 4) is 17.2 Å². The minimum atomic E-state index is -0.537. The summed E-state index contributed by atoms with van der Waals surface area (Å²) in [6.45, 7) is 1.52. The second-order valence-corrected chi connectivity index (χ2v) is 6.18. The van der Waals surface area contributed by atoms with Crippen LogP contribution in [-0.2, 0) is 4.79 Å². The summed E-state index contributed by atoms with van der Waals surface area (Å²) in [6.07, 6.45) is 0. The molecule has 1 unspecified atom stereocenters. The van der Waals surface area contributed by atoms with Gasteiger partial charge in [0.15, 0.2) is 18.2 Å². The zero-order chi connectivity index (χ0) is 18.4. The molecule has 0 aliphatic heterocycles. The van der Waals surface area contributed by atoms with E-state index in [1.165, 1.54) is 12.1 Å². The molecule has 0 bridgehead atoms. The summed E-state index contributed by atoms with van der Waals surface area (Å²) in [5.41, 5.74) is 0.769. The number of carbonyl (C=O) groups is 1. The van der Waals surface area contributed by atoms with Gasteiger partial charge in [0, 0.05) is 10.0 Å². The Morgan fingerprint density at radius 1 is 1.16 bits per heavy atom. The lowest BCUT2D eigenvalue weighted by Gasteiger charge is -2.18. The van der Waals surface area contributed by atoms with E-state index < -0.39 is 5.82 Å². The lowest BCUT2D eigenvalue weighted by Crippen LogP contribution is -2.31. The van der Waals surface area contributed by atoms with E-state index in [4.69, 9.17) is 14.2 Å². The van der Waals surface area contributed by atoms with Crippen LogP contribution in [0.25, 0.3) is 0 Å². The molecule has 5 nitrogen and oxygen atoms in total. The van der Waals surface area contributed by atoms with Crippen LogP contribution in [0.5, 0.6) is 17.2 Å². The van der Waals surface area contributed by atoms with Crippen molar-refractivity contribution < 1.29 is 23.4 Å². The average Bonchev–Trinajstić information content (AvgIpc) is 2.60. The molecule has 134 valence electrons. The maximum absolute atomic E-state index is 13.7. The van der Waals surface area contributed by atoms with Gasteiger partial charge in [-0.3, -0.25) is 4.79 Å². The fourth-order valence-corrected chi connectivity index (χ4v) is 2.61. The molecular formula is C18H19BrFNO4. The van der Waals surface area contributed by atoms with Crippen molar-refractivity contribution in [2.24, 2.45) is 0 Å². The molecule has 0 spiro atoms. The molecule has 7 heteroatoms. The first-order valence-electron chi connectivity index (χ1n) is 7.53. The minimum absolute atomic E-state index is 0.0185.